The average Bonchev–Trinajstić information content (AvgIpc) is 2.89. The maximum atomic E-state index is 13.4. The lowest BCUT2D eigenvalue weighted by Gasteiger charge is -2.35. The Morgan fingerprint density at radius 1 is 0.459 bits per heavy atom. The predicted octanol–water partition coefficient (Wildman–Crippen LogP) is 4.32. The quantitative estimate of drug-likeness (QED) is 0.197. The second kappa shape index (κ2) is 10.4. The van der Waals surface area contributed by atoms with Crippen LogP contribution in [-0.4, -0.2) is 27.5 Å². The molecular formula is C26H18F6O2S2Si. The summed E-state index contributed by atoms with van der Waals surface area (Å²) in [6.07, 6.45) is 0. The van der Waals surface area contributed by atoms with E-state index in [4.69, 9.17) is 0 Å². The Kier molecular flexibility index (Phi) is 7.59. The minimum Gasteiger partial charge on any atom is -0.245 e. The van der Waals surface area contributed by atoms with E-state index < -0.39 is 50.5 Å². The van der Waals surface area contributed by atoms with E-state index in [2.05, 4.69) is 0 Å². The summed E-state index contributed by atoms with van der Waals surface area (Å²) in [6.45, 7) is 0. The van der Waals surface area contributed by atoms with Gasteiger partial charge in [0.15, 0.2) is 29.7 Å². The van der Waals surface area contributed by atoms with Crippen LogP contribution in [0.3, 0.4) is 0 Å². The van der Waals surface area contributed by atoms with Gasteiger partial charge in [0.1, 0.15) is 0 Å². The third kappa shape index (κ3) is 5.34. The molecule has 0 bridgehead atoms. The second-order valence-corrected chi connectivity index (χ2v) is 14.7. The van der Waals surface area contributed by atoms with Gasteiger partial charge in [-0.05, 0) is 45.0 Å². The highest BCUT2D eigenvalue weighted by Crippen LogP contribution is 2.27. The molecule has 0 aliphatic rings. The SMILES string of the molecule is O=S(c1cccc([Si](c2ccccc2)(c2ccccc2)c2cccc(S(=O)C(F)(F)F)c2)c1)C(F)(F)F. The van der Waals surface area contributed by atoms with E-state index in [-0.39, 0.29) is 0 Å². The molecule has 0 aliphatic carbocycles. The summed E-state index contributed by atoms with van der Waals surface area (Å²) in [7, 11) is -10.2. The fraction of sp³-hybridized carbons (Fsp3) is 0.0769. The third-order valence-corrected chi connectivity index (χ3v) is 12.8. The molecule has 2 nitrogen and oxygen atoms in total. The van der Waals surface area contributed by atoms with Crippen molar-refractivity contribution >= 4 is 50.4 Å². The second-order valence-electron chi connectivity index (χ2n) is 7.97. The Labute approximate surface area is 214 Å². The molecular weight excluding hydrogens is 550 g/mol. The average molecular weight is 569 g/mol. The van der Waals surface area contributed by atoms with Crippen LogP contribution in [0.2, 0.25) is 0 Å². The van der Waals surface area contributed by atoms with Crippen LogP contribution in [0.4, 0.5) is 26.3 Å². The van der Waals surface area contributed by atoms with Crippen LogP contribution >= 0.6 is 0 Å². The maximum absolute atomic E-state index is 13.4. The normalized spacial score (nSPS) is 14.2. The summed E-state index contributed by atoms with van der Waals surface area (Å²) < 4.78 is 105. The molecule has 0 N–H and O–H groups in total. The number of alkyl halides is 6. The first kappa shape index (κ1) is 27.0. The van der Waals surface area contributed by atoms with Gasteiger partial charge in [0.05, 0.1) is 0 Å². The van der Waals surface area contributed by atoms with Gasteiger partial charge in [-0.25, -0.2) is 8.42 Å². The molecule has 4 rings (SSSR count). The van der Waals surface area contributed by atoms with Gasteiger partial charge in [0, 0.05) is 9.79 Å². The molecule has 37 heavy (non-hydrogen) atoms. The lowest BCUT2D eigenvalue weighted by Crippen LogP contribution is -2.74. The number of benzene rings is 4. The first-order valence-electron chi connectivity index (χ1n) is 10.7. The molecule has 2 unspecified atom stereocenters. The molecule has 11 heteroatoms. The summed E-state index contributed by atoms with van der Waals surface area (Å²) >= 11 is 0. The van der Waals surface area contributed by atoms with Gasteiger partial charge >= 0.3 is 11.0 Å². The van der Waals surface area contributed by atoms with E-state index in [0.717, 1.165) is 12.1 Å². The van der Waals surface area contributed by atoms with Crippen molar-refractivity contribution in [3.05, 3.63) is 109 Å². The van der Waals surface area contributed by atoms with E-state index in [1.165, 1.54) is 24.3 Å². The van der Waals surface area contributed by atoms with Gasteiger partial charge in [0.2, 0.25) is 0 Å². The fourth-order valence-corrected chi connectivity index (χ4v) is 10.8. The summed E-state index contributed by atoms with van der Waals surface area (Å²) in [5, 5.41) is 2.11. The highest BCUT2D eigenvalue weighted by atomic mass is 32.2. The van der Waals surface area contributed by atoms with Gasteiger partial charge in [-0.1, -0.05) is 84.9 Å². The zero-order valence-electron chi connectivity index (χ0n) is 18.8. The fourth-order valence-electron chi connectivity index (χ4n) is 4.33. The number of rotatable bonds is 6. The molecule has 4 aromatic rings. The molecule has 0 aromatic heterocycles. The lowest BCUT2D eigenvalue weighted by atomic mass is 10.3. The zero-order chi connectivity index (χ0) is 26.8. The van der Waals surface area contributed by atoms with Crippen LogP contribution in [-0.2, 0) is 21.6 Å². The minimum atomic E-state index is -4.99. The Hall–Kier alpha value is -3.02. The van der Waals surface area contributed by atoms with E-state index in [0.29, 0.717) is 20.7 Å². The van der Waals surface area contributed by atoms with Crippen LogP contribution in [0.1, 0.15) is 0 Å². The highest BCUT2D eigenvalue weighted by molar-refractivity contribution is 7.86. The van der Waals surface area contributed by atoms with Crippen molar-refractivity contribution in [2.45, 2.75) is 20.8 Å². The maximum Gasteiger partial charge on any atom is 0.475 e. The summed E-state index contributed by atoms with van der Waals surface area (Å²) in [6, 6.07) is 28.0. The van der Waals surface area contributed by atoms with Crippen molar-refractivity contribution in [1.82, 2.24) is 0 Å². The van der Waals surface area contributed by atoms with E-state index in [9.17, 15) is 34.8 Å². The lowest BCUT2D eigenvalue weighted by molar-refractivity contribution is -0.0392. The molecule has 4 aromatic carbocycles. The van der Waals surface area contributed by atoms with Crippen molar-refractivity contribution in [2.24, 2.45) is 0 Å². The standard InChI is InChI=1S/C26H18F6O2S2Si/c27-25(28,29)35(33)19-9-7-15-23(17-19)37(21-11-3-1-4-12-21,22-13-5-2-6-14-22)24-16-8-10-20(18-24)36(34)26(30,31)32/h1-18H. The first-order chi connectivity index (χ1) is 17.5. The van der Waals surface area contributed by atoms with Crippen LogP contribution < -0.4 is 20.7 Å². The first-order valence-corrected chi connectivity index (χ1v) is 15.0. The van der Waals surface area contributed by atoms with Crippen LogP contribution in [0.25, 0.3) is 0 Å². The van der Waals surface area contributed by atoms with Gasteiger partial charge in [0.25, 0.3) is 0 Å². The Morgan fingerprint density at radius 2 is 0.784 bits per heavy atom. The largest absolute Gasteiger partial charge is 0.475 e. The third-order valence-electron chi connectivity index (χ3n) is 5.80. The van der Waals surface area contributed by atoms with Gasteiger partial charge in [-0.3, -0.25) is 0 Å². The number of hydrogen-bond acceptors (Lipinski definition) is 2. The van der Waals surface area contributed by atoms with Gasteiger partial charge < -0.3 is 0 Å². The molecule has 0 saturated carbocycles. The van der Waals surface area contributed by atoms with E-state index >= 15 is 0 Å². The Balaban J connectivity index is 2.11. The summed E-state index contributed by atoms with van der Waals surface area (Å²) in [4.78, 5) is -0.937. The Morgan fingerprint density at radius 3 is 1.11 bits per heavy atom. The molecule has 0 saturated heterocycles. The topological polar surface area (TPSA) is 34.1 Å². The Bertz CT molecular complexity index is 1330. The van der Waals surface area contributed by atoms with Crippen LogP contribution in [0.5, 0.6) is 0 Å². The smallest absolute Gasteiger partial charge is 0.245 e. The van der Waals surface area contributed by atoms with Crippen LogP contribution in [0, 0.1) is 0 Å². The molecule has 0 fully saturated rings. The van der Waals surface area contributed by atoms with Crippen molar-refractivity contribution in [3.8, 4) is 0 Å². The van der Waals surface area contributed by atoms with Crippen LogP contribution in [0.15, 0.2) is 119 Å². The highest BCUT2D eigenvalue weighted by Gasteiger charge is 2.44. The molecule has 0 radical (unpaired) electrons. The van der Waals surface area contributed by atoms with Crippen molar-refractivity contribution < 1.29 is 34.8 Å². The predicted molar refractivity (Wildman–Crippen MR) is 135 cm³/mol. The van der Waals surface area contributed by atoms with Gasteiger partial charge in [-0.2, -0.15) is 26.3 Å². The molecule has 2 atom stereocenters. The number of hydrogen-bond donors (Lipinski definition) is 0. The summed E-state index contributed by atoms with van der Waals surface area (Å²) in [5.41, 5.74) is -9.99. The monoisotopic (exact) mass is 568 g/mol. The van der Waals surface area contributed by atoms with Gasteiger partial charge in [-0.15, -0.1) is 0 Å². The zero-order valence-corrected chi connectivity index (χ0v) is 21.4. The van der Waals surface area contributed by atoms with E-state index in [1.807, 2.05) is 0 Å². The van der Waals surface area contributed by atoms with Crippen molar-refractivity contribution in [1.29, 1.82) is 0 Å². The summed E-state index contributed by atoms with van der Waals surface area (Å²) in [5.74, 6) is 0. The number of halogens is 6. The minimum absolute atomic E-state index is 0.384. The van der Waals surface area contributed by atoms with Crippen molar-refractivity contribution in [3.63, 3.8) is 0 Å². The molecule has 0 heterocycles. The molecule has 0 aliphatic heterocycles. The molecule has 192 valence electrons. The van der Waals surface area contributed by atoms with Crippen molar-refractivity contribution in [2.75, 3.05) is 0 Å². The van der Waals surface area contributed by atoms with E-state index in [1.54, 1.807) is 72.8 Å². The molecule has 0 spiro atoms. The molecule has 0 amide bonds.